The zero-order chi connectivity index (χ0) is 29.5. The number of carbonyl (C=O) groups is 1. The van der Waals surface area contributed by atoms with Crippen LogP contribution in [0.4, 0.5) is 21.6 Å². The molecule has 0 fully saturated rings. The van der Waals surface area contributed by atoms with Crippen molar-refractivity contribution in [3.63, 3.8) is 0 Å². The third-order valence-corrected chi connectivity index (χ3v) is 7.01. The summed E-state index contributed by atoms with van der Waals surface area (Å²) in [6.07, 6.45) is 4.82. The van der Waals surface area contributed by atoms with Gasteiger partial charge in [-0.1, -0.05) is 29.8 Å². The number of rotatable bonds is 8. The van der Waals surface area contributed by atoms with Gasteiger partial charge in [-0.15, -0.1) is 0 Å². The Kier molecular flexibility index (Phi) is 7.43. The Morgan fingerprint density at radius 2 is 1.85 bits per heavy atom. The quantitative estimate of drug-likeness (QED) is 0.168. The summed E-state index contributed by atoms with van der Waals surface area (Å²) in [5.41, 5.74) is 2.08. The number of hydrogen-bond donors (Lipinski definition) is 2. The average Bonchev–Trinajstić information content (AvgIpc) is 3.42. The number of anilines is 3. The molecular formula is C26H19Cl2FN6O5S. The van der Waals surface area contributed by atoms with Crippen LogP contribution >= 0.6 is 23.2 Å². The fourth-order valence-corrected chi connectivity index (χ4v) is 5.24. The number of aromatic nitrogens is 4. The van der Waals surface area contributed by atoms with E-state index in [2.05, 4.69) is 32.3 Å². The van der Waals surface area contributed by atoms with E-state index in [1.807, 2.05) is 0 Å². The molecule has 0 saturated heterocycles. The van der Waals surface area contributed by atoms with E-state index in [4.69, 9.17) is 32.1 Å². The summed E-state index contributed by atoms with van der Waals surface area (Å²) in [5.74, 6) is -0.762. The van der Waals surface area contributed by atoms with Crippen molar-refractivity contribution in [3.05, 3.63) is 77.4 Å². The van der Waals surface area contributed by atoms with Crippen molar-refractivity contribution in [2.24, 2.45) is 0 Å². The predicted molar refractivity (Wildman–Crippen MR) is 154 cm³/mol. The zero-order valence-corrected chi connectivity index (χ0v) is 23.6. The van der Waals surface area contributed by atoms with Crippen LogP contribution in [-0.4, -0.2) is 47.3 Å². The minimum Gasteiger partial charge on any atom is -0.495 e. The molecule has 5 aromatic rings. The van der Waals surface area contributed by atoms with Gasteiger partial charge in [-0.05, 0) is 30.3 Å². The molecule has 0 atom stereocenters. The second kappa shape index (κ2) is 10.8. The summed E-state index contributed by atoms with van der Waals surface area (Å²) >= 11 is 13.3. The third kappa shape index (κ3) is 5.59. The maximum atomic E-state index is 13.9. The van der Waals surface area contributed by atoms with E-state index in [-0.39, 0.29) is 32.8 Å². The van der Waals surface area contributed by atoms with Crippen molar-refractivity contribution in [1.82, 2.24) is 19.6 Å². The maximum absolute atomic E-state index is 13.9. The number of methoxy groups -OCH3 is 1. The Morgan fingerprint density at radius 3 is 2.56 bits per heavy atom. The highest BCUT2D eigenvalue weighted by Crippen LogP contribution is 2.47. The van der Waals surface area contributed by atoms with E-state index in [0.717, 1.165) is 18.4 Å². The number of hydrogen-bond acceptors (Lipinski definition) is 9. The van der Waals surface area contributed by atoms with Crippen LogP contribution in [0, 0.1) is 5.82 Å². The molecule has 0 aliphatic carbocycles. The Bertz CT molecular complexity index is 1980. The smallest absolute Gasteiger partial charge is 0.306 e. The standard InChI is InChI=1S/C26H19Cl2FN6O5S/c1-4-22(36)34-17-8-14(29)5-6-16(17)33-21-9-18-13(11-30-21)7-15(26-31-12-32-35(18)26)23-24(27)19(39-2)10-20(25(23)28)40-41(3,37)38/h4-12H,1H2,2-3H3,(H,30,33)(H,34,36). The summed E-state index contributed by atoms with van der Waals surface area (Å²) in [5, 5.41) is 10.6. The molecule has 2 N–H and O–H groups in total. The van der Waals surface area contributed by atoms with E-state index in [9.17, 15) is 17.6 Å². The highest BCUT2D eigenvalue weighted by Gasteiger charge is 2.24. The topological polar surface area (TPSA) is 137 Å². The van der Waals surface area contributed by atoms with Gasteiger partial charge in [0, 0.05) is 34.8 Å². The van der Waals surface area contributed by atoms with Crippen LogP contribution in [0.5, 0.6) is 11.5 Å². The van der Waals surface area contributed by atoms with Crippen LogP contribution in [0.2, 0.25) is 10.0 Å². The Labute approximate surface area is 242 Å². The van der Waals surface area contributed by atoms with E-state index < -0.39 is 21.8 Å². The monoisotopic (exact) mass is 616 g/mol. The molecule has 5 rings (SSSR count). The first-order valence-electron chi connectivity index (χ1n) is 11.6. The van der Waals surface area contributed by atoms with Crippen molar-refractivity contribution in [1.29, 1.82) is 0 Å². The number of amides is 1. The zero-order valence-electron chi connectivity index (χ0n) is 21.3. The van der Waals surface area contributed by atoms with Crippen molar-refractivity contribution in [2.75, 3.05) is 24.0 Å². The SMILES string of the molecule is C=CC(=O)Nc1cc(F)ccc1Nc1cc2c(cn1)cc(-c1c(Cl)c(OC)cc(OS(C)(=O)=O)c1Cl)c1ncnn12. The number of nitrogens with zero attached hydrogens (tertiary/aromatic N) is 4. The van der Waals surface area contributed by atoms with Gasteiger partial charge in [0.2, 0.25) is 5.91 Å². The van der Waals surface area contributed by atoms with E-state index in [1.54, 1.807) is 18.3 Å². The van der Waals surface area contributed by atoms with Gasteiger partial charge in [-0.3, -0.25) is 4.79 Å². The molecular weight excluding hydrogens is 598 g/mol. The molecule has 2 aromatic carbocycles. The first-order valence-corrected chi connectivity index (χ1v) is 14.1. The summed E-state index contributed by atoms with van der Waals surface area (Å²) in [4.78, 5) is 20.6. The van der Waals surface area contributed by atoms with Crippen molar-refractivity contribution < 1.29 is 26.5 Å². The number of nitrogens with one attached hydrogen (secondary N) is 2. The molecule has 0 spiro atoms. The lowest BCUT2D eigenvalue weighted by molar-refractivity contribution is -0.111. The molecule has 0 aliphatic rings. The molecule has 3 aromatic heterocycles. The van der Waals surface area contributed by atoms with Crippen molar-refractivity contribution in [2.45, 2.75) is 0 Å². The van der Waals surface area contributed by atoms with E-state index in [0.29, 0.717) is 33.6 Å². The molecule has 41 heavy (non-hydrogen) atoms. The number of ether oxygens (including phenoxy) is 1. The van der Waals surface area contributed by atoms with Gasteiger partial charge >= 0.3 is 10.1 Å². The van der Waals surface area contributed by atoms with E-state index in [1.165, 1.54) is 36.2 Å². The summed E-state index contributed by atoms with van der Waals surface area (Å²) in [6, 6.07) is 8.51. The lowest BCUT2D eigenvalue weighted by atomic mass is 10.0. The minimum atomic E-state index is -3.93. The fraction of sp³-hybridized carbons (Fsp3) is 0.0769. The molecule has 0 radical (unpaired) electrons. The van der Waals surface area contributed by atoms with Gasteiger partial charge in [0.1, 0.15) is 23.7 Å². The maximum Gasteiger partial charge on any atom is 0.306 e. The second-order valence-corrected chi connectivity index (χ2v) is 10.9. The molecule has 0 unspecified atom stereocenters. The van der Waals surface area contributed by atoms with Crippen molar-refractivity contribution in [3.8, 4) is 22.6 Å². The molecule has 0 bridgehead atoms. The number of carbonyl (C=O) groups excluding carboxylic acids is 1. The molecule has 0 saturated carbocycles. The number of halogens is 3. The van der Waals surface area contributed by atoms with Gasteiger partial charge < -0.3 is 19.6 Å². The van der Waals surface area contributed by atoms with Gasteiger partial charge in [0.25, 0.3) is 0 Å². The average molecular weight is 617 g/mol. The molecule has 3 heterocycles. The normalized spacial score (nSPS) is 11.4. The predicted octanol–water partition coefficient (Wildman–Crippen LogP) is 5.61. The minimum absolute atomic E-state index is 0.0814. The van der Waals surface area contributed by atoms with Crippen molar-refractivity contribution >= 4 is 73.0 Å². The van der Waals surface area contributed by atoms with Crippen LogP contribution in [0.25, 0.3) is 27.7 Å². The summed E-state index contributed by atoms with van der Waals surface area (Å²) in [6.45, 7) is 3.41. The van der Waals surface area contributed by atoms with Crippen LogP contribution < -0.4 is 19.6 Å². The fourth-order valence-electron chi connectivity index (χ4n) is 4.07. The molecule has 1 amide bonds. The Hall–Kier alpha value is -4.46. The Morgan fingerprint density at radius 1 is 1.10 bits per heavy atom. The Balaban J connectivity index is 1.65. The van der Waals surface area contributed by atoms with E-state index >= 15 is 0 Å². The first kappa shape index (κ1) is 28.1. The van der Waals surface area contributed by atoms with Gasteiger partial charge in [0.15, 0.2) is 11.4 Å². The summed E-state index contributed by atoms with van der Waals surface area (Å²) < 4.78 is 49.5. The van der Waals surface area contributed by atoms with Crippen LogP contribution in [0.3, 0.4) is 0 Å². The number of pyridine rings is 2. The largest absolute Gasteiger partial charge is 0.495 e. The van der Waals surface area contributed by atoms with Gasteiger partial charge in [0.05, 0.1) is 40.3 Å². The molecule has 0 aliphatic heterocycles. The van der Waals surface area contributed by atoms with Crippen LogP contribution in [0.15, 0.2) is 61.6 Å². The third-order valence-electron chi connectivity index (χ3n) is 5.78. The summed E-state index contributed by atoms with van der Waals surface area (Å²) in [7, 11) is -2.56. The lowest BCUT2D eigenvalue weighted by Gasteiger charge is -2.16. The molecule has 210 valence electrons. The second-order valence-electron chi connectivity index (χ2n) is 8.56. The molecule has 15 heteroatoms. The molecule has 11 nitrogen and oxygen atoms in total. The first-order chi connectivity index (χ1) is 19.5. The van der Waals surface area contributed by atoms with Gasteiger partial charge in [-0.25, -0.2) is 18.9 Å². The lowest BCUT2D eigenvalue weighted by Crippen LogP contribution is -2.10. The highest BCUT2D eigenvalue weighted by atomic mass is 35.5. The van der Waals surface area contributed by atoms with Crippen LogP contribution in [0.1, 0.15) is 0 Å². The van der Waals surface area contributed by atoms with Crippen LogP contribution in [-0.2, 0) is 14.9 Å². The number of fused-ring (bicyclic) bond motifs is 3. The van der Waals surface area contributed by atoms with Gasteiger partial charge in [-0.2, -0.15) is 13.5 Å². The number of benzene rings is 2. The highest BCUT2D eigenvalue weighted by molar-refractivity contribution is 7.86.